The third-order valence-corrected chi connectivity index (χ3v) is 11.3. The van der Waals surface area contributed by atoms with Crippen LogP contribution < -0.4 is 0 Å². The molecule has 3 rings (SSSR count). The van der Waals surface area contributed by atoms with E-state index in [1.165, 1.54) is 46.0 Å². The van der Waals surface area contributed by atoms with Crippen LogP contribution in [0.2, 0.25) is 0 Å². The Morgan fingerprint density at radius 3 is 1.78 bits per heavy atom. The summed E-state index contributed by atoms with van der Waals surface area (Å²) < 4.78 is 0. The zero-order chi connectivity index (χ0) is 19.9. The minimum Gasteiger partial charge on any atom is -0.0820 e. The van der Waals surface area contributed by atoms with Crippen molar-refractivity contribution in [2.45, 2.75) is 67.2 Å². The molecule has 1 aliphatic rings. The van der Waals surface area contributed by atoms with Crippen LogP contribution in [0.15, 0.2) is 24.3 Å². The second-order valence-electron chi connectivity index (χ2n) is 8.79. The highest BCUT2D eigenvalue weighted by Crippen LogP contribution is 2.71. The fourth-order valence-corrected chi connectivity index (χ4v) is 10.9. The number of aryl methyl sites for hydroxylation is 6. The minimum atomic E-state index is -0.0895. The average Bonchev–Trinajstić information content (AvgIpc) is 2.50. The van der Waals surface area contributed by atoms with E-state index in [4.69, 9.17) is 0 Å². The van der Waals surface area contributed by atoms with Crippen LogP contribution in [-0.2, 0) is 0 Å². The van der Waals surface area contributed by atoms with E-state index in [0.29, 0.717) is 0 Å². The predicted octanol–water partition coefficient (Wildman–Crippen LogP) is 8.20. The van der Waals surface area contributed by atoms with Crippen molar-refractivity contribution < 1.29 is 0 Å². The van der Waals surface area contributed by atoms with Gasteiger partial charge in [0.15, 0.2) is 0 Å². The largest absolute Gasteiger partial charge is 0.0820 e. The summed E-state index contributed by atoms with van der Waals surface area (Å²) >= 11 is 0. The van der Waals surface area contributed by atoms with Gasteiger partial charge < -0.3 is 0 Å². The topological polar surface area (TPSA) is 0 Å². The molecule has 0 aliphatic carbocycles. The molecule has 0 fully saturated rings. The Bertz CT molecular complexity index is 843. The van der Waals surface area contributed by atoms with Crippen LogP contribution in [0.3, 0.4) is 0 Å². The molecule has 2 unspecified atom stereocenters. The average molecular weight is 396 g/mol. The van der Waals surface area contributed by atoms with Crippen LogP contribution in [0.1, 0.15) is 70.2 Å². The lowest BCUT2D eigenvalue weighted by Gasteiger charge is -2.39. The second kappa shape index (κ2) is 8.19. The van der Waals surface area contributed by atoms with E-state index in [-0.39, 0.29) is 7.92 Å². The van der Waals surface area contributed by atoms with Gasteiger partial charge in [0.2, 0.25) is 0 Å². The van der Waals surface area contributed by atoms with Crippen LogP contribution in [0.25, 0.3) is 0 Å². The normalized spacial score (nSPS) is 19.8. The van der Waals surface area contributed by atoms with Crippen molar-refractivity contribution in [2.75, 3.05) is 6.16 Å². The van der Waals surface area contributed by atoms with E-state index in [9.17, 15) is 0 Å². The lowest BCUT2D eigenvalue weighted by atomic mass is 10.0. The SMILES string of the molecule is Cc1cc(C)c(C2=PC(c3c(C)cc(C)cc3C)P2CCC(C)C)c(C)c1. The molecule has 0 spiro atoms. The molecule has 0 N–H and O–H groups in total. The van der Waals surface area contributed by atoms with Gasteiger partial charge in [-0.2, -0.15) is 0 Å². The fourth-order valence-electron chi connectivity index (χ4n) is 4.50. The summed E-state index contributed by atoms with van der Waals surface area (Å²) in [5.74, 6) is 0.784. The van der Waals surface area contributed by atoms with Gasteiger partial charge in [-0.1, -0.05) is 65.4 Å². The fraction of sp³-hybridized carbons (Fsp3) is 0.480. The van der Waals surface area contributed by atoms with Crippen molar-refractivity contribution in [1.82, 2.24) is 0 Å². The first-order valence-electron chi connectivity index (χ1n) is 10.2. The molecule has 0 bridgehead atoms. The molecular formula is C25H34P2. The Morgan fingerprint density at radius 1 is 0.815 bits per heavy atom. The Balaban J connectivity index is 2.06. The molecule has 2 atom stereocenters. The van der Waals surface area contributed by atoms with Crippen molar-refractivity contribution in [3.05, 3.63) is 68.8 Å². The molecule has 0 nitrogen and oxygen atoms in total. The van der Waals surface area contributed by atoms with E-state index in [1.807, 2.05) is 0 Å². The van der Waals surface area contributed by atoms with Crippen molar-refractivity contribution in [2.24, 2.45) is 5.92 Å². The van der Waals surface area contributed by atoms with E-state index < -0.39 is 0 Å². The highest BCUT2D eigenvalue weighted by atomic mass is 31.2. The zero-order valence-electron chi connectivity index (χ0n) is 18.3. The molecule has 0 amide bonds. The van der Waals surface area contributed by atoms with Gasteiger partial charge in [0.25, 0.3) is 0 Å². The third-order valence-electron chi connectivity index (χ3n) is 5.66. The van der Waals surface area contributed by atoms with Crippen molar-refractivity contribution >= 4 is 21.2 Å². The van der Waals surface area contributed by atoms with E-state index in [1.54, 1.807) is 24.4 Å². The molecule has 0 saturated heterocycles. The maximum atomic E-state index is 2.38. The quantitative estimate of drug-likeness (QED) is 0.447. The first-order chi connectivity index (χ1) is 12.7. The lowest BCUT2D eigenvalue weighted by Crippen LogP contribution is -2.17. The molecule has 2 heteroatoms. The van der Waals surface area contributed by atoms with E-state index in [0.717, 1.165) is 11.3 Å². The Hall–Kier alpha value is -0.960. The van der Waals surface area contributed by atoms with Crippen molar-refractivity contribution in [3.8, 4) is 0 Å². The maximum Gasteiger partial charge on any atom is 0.0514 e. The van der Waals surface area contributed by atoms with Crippen LogP contribution in [0, 0.1) is 47.5 Å². The third kappa shape index (κ3) is 4.23. The first kappa shape index (κ1) is 20.8. The maximum absolute atomic E-state index is 2.38. The lowest BCUT2D eigenvalue weighted by molar-refractivity contribution is 0.630. The zero-order valence-corrected chi connectivity index (χ0v) is 20.1. The first-order valence-corrected chi connectivity index (χ1v) is 12.8. The molecule has 0 radical (unpaired) electrons. The van der Waals surface area contributed by atoms with Gasteiger partial charge in [-0.05, 0) is 93.4 Å². The number of hydrogen-bond acceptors (Lipinski definition) is 0. The monoisotopic (exact) mass is 396 g/mol. The Labute approximate surface area is 169 Å². The summed E-state index contributed by atoms with van der Waals surface area (Å²) in [5.41, 5.74) is 11.9. The van der Waals surface area contributed by atoms with Gasteiger partial charge in [-0.25, -0.2) is 0 Å². The highest BCUT2D eigenvalue weighted by molar-refractivity contribution is 7.98. The molecule has 0 saturated carbocycles. The highest BCUT2D eigenvalue weighted by Gasteiger charge is 2.37. The van der Waals surface area contributed by atoms with Crippen molar-refractivity contribution in [1.29, 1.82) is 0 Å². The molecule has 2 aromatic carbocycles. The van der Waals surface area contributed by atoms with Gasteiger partial charge >= 0.3 is 0 Å². The van der Waals surface area contributed by atoms with E-state index in [2.05, 4.69) is 79.7 Å². The predicted molar refractivity (Wildman–Crippen MR) is 126 cm³/mol. The molecule has 144 valence electrons. The molecule has 1 heterocycles. The Kier molecular flexibility index (Phi) is 6.30. The van der Waals surface area contributed by atoms with Gasteiger partial charge in [-0.3, -0.25) is 0 Å². The second-order valence-corrected chi connectivity index (χ2v) is 13.1. The number of hydrogen-bond donors (Lipinski definition) is 0. The molecule has 27 heavy (non-hydrogen) atoms. The van der Waals surface area contributed by atoms with Gasteiger partial charge in [0.05, 0.1) is 5.40 Å². The summed E-state index contributed by atoms with van der Waals surface area (Å²) in [6.07, 6.45) is 2.72. The Morgan fingerprint density at radius 2 is 1.30 bits per heavy atom. The number of benzene rings is 2. The van der Waals surface area contributed by atoms with Crippen LogP contribution in [-0.4, -0.2) is 11.2 Å². The summed E-state index contributed by atoms with van der Waals surface area (Å²) in [6, 6.07) is 9.51. The van der Waals surface area contributed by atoms with Crippen LogP contribution in [0.4, 0.5) is 0 Å². The smallest absolute Gasteiger partial charge is 0.0514 e. The van der Waals surface area contributed by atoms with Gasteiger partial charge in [-0.15, -0.1) is 0 Å². The summed E-state index contributed by atoms with van der Waals surface area (Å²) in [6.45, 7) is 18.4. The summed E-state index contributed by atoms with van der Waals surface area (Å²) in [7, 11) is 1.47. The molecular weight excluding hydrogens is 362 g/mol. The molecule has 1 aliphatic heterocycles. The van der Waals surface area contributed by atoms with Crippen LogP contribution in [0.5, 0.6) is 0 Å². The summed E-state index contributed by atoms with van der Waals surface area (Å²) in [5, 5.41) is 2.49. The minimum absolute atomic E-state index is 0.0895. The van der Waals surface area contributed by atoms with E-state index >= 15 is 0 Å². The molecule has 0 aromatic heterocycles. The van der Waals surface area contributed by atoms with Crippen molar-refractivity contribution in [3.63, 3.8) is 0 Å². The van der Waals surface area contributed by atoms with Gasteiger partial charge in [0, 0.05) is 5.03 Å². The van der Waals surface area contributed by atoms with Gasteiger partial charge in [0.1, 0.15) is 0 Å². The number of rotatable bonds is 5. The summed E-state index contributed by atoms with van der Waals surface area (Å²) in [4.78, 5) is 0. The van der Waals surface area contributed by atoms with Crippen LogP contribution >= 0.6 is 16.1 Å². The standard InChI is InChI=1S/C25H34P2/c1-15(2)9-10-27-24(22-18(5)11-16(3)12-19(22)6)26-25(27)23-20(7)13-17(4)14-21(23)8/h11-15,24H,9-10H2,1-8H3. The molecule has 2 aromatic rings.